The van der Waals surface area contributed by atoms with Crippen molar-refractivity contribution >= 4 is 11.9 Å². The normalized spacial score (nSPS) is 16.5. The van der Waals surface area contributed by atoms with E-state index in [4.69, 9.17) is 14.3 Å². The van der Waals surface area contributed by atoms with Gasteiger partial charge < -0.3 is 14.4 Å². The Morgan fingerprint density at radius 3 is 2.38 bits per heavy atom. The van der Waals surface area contributed by atoms with E-state index in [1.165, 1.54) is 19.1 Å². The van der Waals surface area contributed by atoms with Gasteiger partial charge in [0, 0.05) is 25.6 Å². The minimum absolute atomic E-state index is 0.124. The summed E-state index contributed by atoms with van der Waals surface area (Å²) in [5.74, 6) is 0.545. The van der Waals surface area contributed by atoms with Crippen LogP contribution in [0.1, 0.15) is 45.6 Å². The fraction of sp³-hybridized carbons (Fsp3) is 0.636. The molecule has 0 aliphatic carbocycles. The molecule has 0 saturated carbocycles. The number of hydrogen-bond donors (Lipinski definition) is 0. The molecule has 0 aromatic heterocycles. The summed E-state index contributed by atoms with van der Waals surface area (Å²) in [4.78, 5) is 33.5. The van der Waals surface area contributed by atoms with E-state index in [1.54, 1.807) is 7.11 Å². The Hall–Kier alpha value is -2.12. The number of nitrogens with zero attached hydrogens (tertiary/aromatic N) is 2. The molecule has 1 saturated heterocycles. The van der Waals surface area contributed by atoms with Gasteiger partial charge in [-0.05, 0) is 37.8 Å². The van der Waals surface area contributed by atoms with Gasteiger partial charge in [0.1, 0.15) is 12.4 Å². The van der Waals surface area contributed by atoms with E-state index in [0.717, 1.165) is 18.5 Å². The largest absolute Gasteiger partial charge is 0.496 e. The van der Waals surface area contributed by atoms with Crippen LogP contribution in [0.25, 0.3) is 0 Å². The number of rotatable bonds is 9. The van der Waals surface area contributed by atoms with Crippen molar-refractivity contribution in [2.24, 2.45) is 5.92 Å². The zero-order valence-corrected chi connectivity index (χ0v) is 18.3. The molecule has 1 aromatic carbocycles. The van der Waals surface area contributed by atoms with E-state index in [9.17, 15) is 9.59 Å². The minimum atomic E-state index is -1.11. The van der Waals surface area contributed by atoms with Crippen LogP contribution in [0.3, 0.4) is 0 Å². The highest BCUT2D eigenvalue weighted by molar-refractivity contribution is 5.86. The highest BCUT2D eigenvalue weighted by Crippen LogP contribution is 2.32. The lowest BCUT2D eigenvalue weighted by Gasteiger charge is -2.45. The predicted octanol–water partition coefficient (Wildman–Crippen LogP) is 3.03. The third-order valence-corrected chi connectivity index (χ3v) is 5.49. The fourth-order valence-corrected chi connectivity index (χ4v) is 3.74. The SMILES string of the molecule is COC(=O)C1(N(OCc2ccccc2OC)C(C)=O)CCN(CCC(C)C)CC1. The lowest BCUT2D eigenvalue weighted by molar-refractivity contribution is -0.240. The molecule has 2 rings (SSSR count). The van der Waals surface area contributed by atoms with Crippen LogP contribution >= 0.6 is 0 Å². The number of methoxy groups -OCH3 is 2. The Labute approximate surface area is 173 Å². The number of para-hydroxylation sites is 1. The van der Waals surface area contributed by atoms with Gasteiger partial charge in [-0.15, -0.1) is 0 Å². The standard InChI is InChI=1S/C22H34N2O5/c1-17(2)10-13-23-14-11-22(12-15-23,21(26)28-5)24(18(3)25)29-16-19-8-6-7-9-20(19)27-4/h6-9,17H,10-16H2,1-5H3. The average Bonchev–Trinajstić information content (AvgIpc) is 2.72. The van der Waals surface area contributed by atoms with Gasteiger partial charge in [0.2, 0.25) is 5.91 Å². The first-order valence-corrected chi connectivity index (χ1v) is 10.2. The summed E-state index contributed by atoms with van der Waals surface area (Å²) in [6.45, 7) is 8.35. The maximum atomic E-state index is 12.8. The number of ether oxygens (including phenoxy) is 2. The molecule has 1 aliphatic rings. The molecule has 1 amide bonds. The van der Waals surface area contributed by atoms with E-state index in [1.807, 2.05) is 24.3 Å². The number of hydrogen-bond acceptors (Lipinski definition) is 6. The molecule has 0 atom stereocenters. The molecule has 0 spiro atoms. The van der Waals surface area contributed by atoms with E-state index in [2.05, 4.69) is 18.7 Å². The van der Waals surface area contributed by atoms with Crippen LogP contribution in [0.2, 0.25) is 0 Å². The lowest BCUT2D eigenvalue weighted by Crippen LogP contribution is -2.61. The van der Waals surface area contributed by atoms with Crippen molar-refractivity contribution in [3.8, 4) is 5.75 Å². The number of likely N-dealkylation sites (tertiary alicyclic amines) is 1. The van der Waals surface area contributed by atoms with Crippen molar-refractivity contribution in [2.75, 3.05) is 33.9 Å². The third-order valence-electron chi connectivity index (χ3n) is 5.49. The van der Waals surface area contributed by atoms with Crippen molar-refractivity contribution in [3.05, 3.63) is 29.8 Å². The van der Waals surface area contributed by atoms with E-state index in [0.29, 0.717) is 37.6 Å². The van der Waals surface area contributed by atoms with Gasteiger partial charge in [-0.25, -0.2) is 9.86 Å². The number of benzene rings is 1. The lowest BCUT2D eigenvalue weighted by atomic mass is 9.86. The number of amides is 1. The fourth-order valence-electron chi connectivity index (χ4n) is 3.74. The van der Waals surface area contributed by atoms with Gasteiger partial charge >= 0.3 is 5.97 Å². The number of carbonyl (C=O) groups excluding carboxylic acids is 2. The van der Waals surface area contributed by atoms with Crippen LogP contribution in [0.15, 0.2) is 24.3 Å². The van der Waals surface area contributed by atoms with Gasteiger partial charge in [-0.3, -0.25) is 9.63 Å². The predicted molar refractivity (Wildman–Crippen MR) is 110 cm³/mol. The van der Waals surface area contributed by atoms with Crippen LogP contribution < -0.4 is 4.74 Å². The van der Waals surface area contributed by atoms with Crippen molar-refractivity contribution in [2.45, 2.75) is 52.2 Å². The Balaban J connectivity index is 2.17. The zero-order valence-electron chi connectivity index (χ0n) is 18.3. The number of piperidine rings is 1. The molecule has 1 heterocycles. The Kier molecular flexibility index (Phi) is 8.46. The number of carbonyl (C=O) groups is 2. The first kappa shape index (κ1) is 23.2. The monoisotopic (exact) mass is 406 g/mol. The molecule has 162 valence electrons. The summed E-state index contributed by atoms with van der Waals surface area (Å²) in [6, 6.07) is 7.45. The van der Waals surface area contributed by atoms with Crippen molar-refractivity contribution < 1.29 is 23.9 Å². The maximum absolute atomic E-state index is 12.8. The summed E-state index contributed by atoms with van der Waals surface area (Å²) in [5.41, 5.74) is -0.313. The van der Waals surface area contributed by atoms with E-state index < -0.39 is 11.5 Å². The molecular formula is C22H34N2O5. The molecule has 7 nitrogen and oxygen atoms in total. The Morgan fingerprint density at radius 2 is 1.83 bits per heavy atom. The second-order valence-corrected chi connectivity index (χ2v) is 7.95. The van der Waals surface area contributed by atoms with E-state index >= 15 is 0 Å². The van der Waals surface area contributed by atoms with Crippen molar-refractivity contribution in [3.63, 3.8) is 0 Å². The van der Waals surface area contributed by atoms with Crippen LogP contribution in [-0.2, 0) is 25.8 Å². The quantitative estimate of drug-likeness (QED) is 0.464. The molecule has 29 heavy (non-hydrogen) atoms. The number of hydroxylamine groups is 2. The second kappa shape index (κ2) is 10.6. The molecule has 0 bridgehead atoms. The van der Waals surface area contributed by atoms with Gasteiger partial charge in [0.25, 0.3) is 0 Å². The first-order chi connectivity index (χ1) is 13.8. The Morgan fingerprint density at radius 1 is 1.17 bits per heavy atom. The molecule has 0 unspecified atom stereocenters. The van der Waals surface area contributed by atoms with Crippen molar-refractivity contribution in [1.29, 1.82) is 0 Å². The Bertz CT molecular complexity index is 684. The topological polar surface area (TPSA) is 68.3 Å². The molecule has 1 fully saturated rings. The summed E-state index contributed by atoms with van der Waals surface area (Å²) in [6.07, 6.45) is 2.05. The van der Waals surface area contributed by atoms with Gasteiger partial charge in [-0.2, -0.15) is 0 Å². The molecule has 0 radical (unpaired) electrons. The molecule has 0 N–H and O–H groups in total. The second-order valence-electron chi connectivity index (χ2n) is 7.95. The van der Waals surface area contributed by atoms with Crippen molar-refractivity contribution in [1.82, 2.24) is 9.96 Å². The average molecular weight is 407 g/mol. The molecule has 1 aromatic rings. The molecule has 1 aliphatic heterocycles. The summed E-state index contributed by atoms with van der Waals surface area (Å²) >= 11 is 0. The van der Waals surface area contributed by atoms with Crippen LogP contribution in [-0.4, -0.2) is 61.2 Å². The highest BCUT2D eigenvalue weighted by atomic mass is 16.7. The van der Waals surface area contributed by atoms with Crippen LogP contribution in [0.4, 0.5) is 0 Å². The smallest absolute Gasteiger partial charge is 0.334 e. The highest BCUT2D eigenvalue weighted by Gasteiger charge is 2.50. The van der Waals surface area contributed by atoms with Gasteiger partial charge in [-0.1, -0.05) is 32.0 Å². The maximum Gasteiger partial charge on any atom is 0.334 e. The summed E-state index contributed by atoms with van der Waals surface area (Å²) in [5, 5.41) is 1.23. The molecular weight excluding hydrogens is 372 g/mol. The summed E-state index contributed by atoms with van der Waals surface area (Å²) < 4.78 is 10.5. The number of esters is 1. The first-order valence-electron chi connectivity index (χ1n) is 10.2. The third kappa shape index (κ3) is 5.70. The molecule has 7 heteroatoms. The summed E-state index contributed by atoms with van der Waals surface area (Å²) in [7, 11) is 2.94. The zero-order chi connectivity index (χ0) is 21.4. The van der Waals surface area contributed by atoms with E-state index in [-0.39, 0.29) is 12.5 Å². The van der Waals surface area contributed by atoms with Gasteiger partial charge in [0.15, 0.2) is 5.54 Å². The van der Waals surface area contributed by atoms with Gasteiger partial charge in [0.05, 0.1) is 14.2 Å². The van der Waals surface area contributed by atoms with Crippen LogP contribution in [0, 0.1) is 5.92 Å². The minimum Gasteiger partial charge on any atom is -0.496 e. The van der Waals surface area contributed by atoms with Crippen LogP contribution in [0.5, 0.6) is 5.75 Å².